The summed E-state index contributed by atoms with van der Waals surface area (Å²) in [5.74, 6) is 0.184. The molecular weight excluding hydrogens is 492 g/mol. The molecule has 1 fully saturated rings. The van der Waals surface area contributed by atoms with E-state index in [1.165, 1.54) is 11.8 Å². The fourth-order valence-corrected chi connectivity index (χ4v) is 4.60. The summed E-state index contributed by atoms with van der Waals surface area (Å²) in [5.41, 5.74) is 2.72. The first-order chi connectivity index (χ1) is 17.8. The van der Waals surface area contributed by atoms with E-state index in [0.29, 0.717) is 54.1 Å². The average Bonchev–Trinajstić information content (AvgIpc) is 3.28. The van der Waals surface area contributed by atoms with Gasteiger partial charge in [0.1, 0.15) is 0 Å². The van der Waals surface area contributed by atoms with Crippen LogP contribution in [-0.4, -0.2) is 69.4 Å². The molecule has 1 aromatic heterocycles. The van der Waals surface area contributed by atoms with E-state index < -0.39 is 0 Å². The van der Waals surface area contributed by atoms with Gasteiger partial charge in [0.25, 0.3) is 11.8 Å². The second-order valence-corrected chi connectivity index (χ2v) is 9.73. The molecule has 0 spiro atoms. The first-order valence-corrected chi connectivity index (χ1v) is 13.0. The molecule has 10 nitrogen and oxygen atoms in total. The highest BCUT2D eigenvalue weighted by Crippen LogP contribution is 2.20. The summed E-state index contributed by atoms with van der Waals surface area (Å²) < 4.78 is 7.07. The van der Waals surface area contributed by atoms with Crippen molar-refractivity contribution in [2.45, 2.75) is 25.0 Å². The number of hydrogen-bond acceptors (Lipinski definition) is 7. The molecule has 0 aliphatic carbocycles. The fraction of sp³-hybridized carbons (Fsp3) is 0.346. The van der Waals surface area contributed by atoms with Crippen molar-refractivity contribution in [1.82, 2.24) is 25.0 Å². The maximum Gasteiger partial charge on any atom is 0.254 e. The van der Waals surface area contributed by atoms with Crippen LogP contribution in [0.25, 0.3) is 0 Å². The lowest BCUT2D eigenvalue weighted by atomic mass is 10.1. The van der Waals surface area contributed by atoms with Crippen LogP contribution in [0, 0.1) is 6.92 Å². The van der Waals surface area contributed by atoms with Crippen molar-refractivity contribution in [2.24, 2.45) is 7.05 Å². The third-order valence-corrected chi connectivity index (χ3v) is 6.96. The zero-order valence-electron chi connectivity index (χ0n) is 21.1. The van der Waals surface area contributed by atoms with E-state index in [0.717, 1.165) is 5.56 Å². The molecule has 2 N–H and O–H groups in total. The summed E-state index contributed by atoms with van der Waals surface area (Å²) in [6.45, 7) is 5.97. The van der Waals surface area contributed by atoms with Crippen molar-refractivity contribution >= 4 is 35.2 Å². The Labute approximate surface area is 219 Å². The first-order valence-electron chi connectivity index (χ1n) is 12.0. The molecule has 0 unspecified atom stereocenters. The second kappa shape index (κ2) is 12.0. The first kappa shape index (κ1) is 26.4. The molecule has 37 heavy (non-hydrogen) atoms. The molecule has 11 heteroatoms. The van der Waals surface area contributed by atoms with Gasteiger partial charge in [-0.3, -0.25) is 14.4 Å². The molecule has 2 aromatic carbocycles. The van der Waals surface area contributed by atoms with Crippen molar-refractivity contribution in [3.05, 3.63) is 71.0 Å². The van der Waals surface area contributed by atoms with Gasteiger partial charge in [-0.25, -0.2) is 0 Å². The molecule has 4 rings (SSSR count). The maximum absolute atomic E-state index is 12.7. The molecule has 1 atom stereocenters. The Hall–Kier alpha value is -3.70. The van der Waals surface area contributed by atoms with Crippen LogP contribution in [0.5, 0.6) is 0 Å². The molecule has 1 aliphatic rings. The van der Waals surface area contributed by atoms with Crippen LogP contribution in [0.2, 0.25) is 0 Å². The van der Waals surface area contributed by atoms with E-state index in [-0.39, 0.29) is 29.5 Å². The van der Waals surface area contributed by atoms with E-state index in [2.05, 4.69) is 20.8 Å². The monoisotopic (exact) mass is 522 g/mol. The maximum atomic E-state index is 12.7. The van der Waals surface area contributed by atoms with Crippen molar-refractivity contribution < 1.29 is 19.1 Å². The van der Waals surface area contributed by atoms with Crippen molar-refractivity contribution in [2.75, 3.05) is 37.4 Å². The smallest absolute Gasteiger partial charge is 0.254 e. The normalized spacial score (nSPS) is 14.2. The summed E-state index contributed by atoms with van der Waals surface area (Å²) >= 11 is 1.24. The minimum Gasteiger partial charge on any atom is -0.378 e. The minimum atomic E-state index is -0.374. The molecule has 0 saturated carbocycles. The zero-order valence-corrected chi connectivity index (χ0v) is 21.9. The van der Waals surface area contributed by atoms with E-state index in [1.807, 2.05) is 26.0 Å². The van der Waals surface area contributed by atoms with E-state index in [1.54, 1.807) is 52.9 Å². The number of aromatic nitrogens is 3. The average molecular weight is 523 g/mol. The van der Waals surface area contributed by atoms with Gasteiger partial charge in [0.2, 0.25) is 5.91 Å². The van der Waals surface area contributed by atoms with E-state index in [9.17, 15) is 14.4 Å². The Morgan fingerprint density at radius 1 is 1.05 bits per heavy atom. The number of thioether (sulfide) groups is 1. The predicted molar refractivity (Wildman–Crippen MR) is 141 cm³/mol. The molecule has 1 saturated heterocycles. The Morgan fingerprint density at radius 3 is 2.51 bits per heavy atom. The van der Waals surface area contributed by atoms with Crippen LogP contribution in [0.1, 0.15) is 45.1 Å². The third kappa shape index (κ3) is 6.75. The van der Waals surface area contributed by atoms with Gasteiger partial charge in [0.05, 0.1) is 25.0 Å². The SMILES string of the molecule is Cc1ccc(C(=O)N[C@@H](C)c2nnc(SCC(=O)Nc3cccc(C(=O)N4CCOCC4)c3)n2C)cc1. The molecular formula is C26H30N6O4S. The van der Waals surface area contributed by atoms with Crippen LogP contribution < -0.4 is 10.6 Å². The standard InChI is InChI=1S/C26H30N6O4S/c1-17-7-9-19(10-8-17)24(34)27-18(2)23-29-30-26(31(23)3)37-16-22(33)28-21-6-4-5-20(15-21)25(35)32-11-13-36-14-12-32/h4-10,15,18H,11-14,16H2,1-3H3,(H,27,34)(H,28,33)/t18-/m0/s1. The predicted octanol–water partition coefficient (Wildman–Crippen LogP) is 2.82. The number of anilines is 1. The molecule has 1 aliphatic heterocycles. The lowest BCUT2D eigenvalue weighted by Crippen LogP contribution is -2.40. The number of nitrogens with one attached hydrogen (secondary N) is 2. The number of amides is 3. The summed E-state index contributed by atoms with van der Waals surface area (Å²) in [6.07, 6.45) is 0. The highest BCUT2D eigenvalue weighted by Gasteiger charge is 2.20. The van der Waals surface area contributed by atoms with Crippen molar-refractivity contribution in [3.8, 4) is 0 Å². The molecule has 194 valence electrons. The van der Waals surface area contributed by atoms with E-state index >= 15 is 0 Å². The summed E-state index contributed by atoms with van der Waals surface area (Å²) in [6, 6.07) is 13.9. The summed E-state index contributed by atoms with van der Waals surface area (Å²) in [7, 11) is 1.80. The molecule has 0 radical (unpaired) electrons. The lowest BCUT2D eigenvalue weighted by Gasteiger charge is -2.27. The number of carbonyl (C=O) groups excluding carboxylic acids is 3. The Kier molecular flexibility index (Phi) is 8.57. The van der Waals surface area contributed by atoms with Gasteiger partial charge in [-0.05, 0) is 44.2 Å². The quantitative estimate of drug-likeness (QED) is 0.437. The van der Waals surface area contributed by atoms with Crippen LogP contribution >= 0.6 is 11.8 Å². The lowest BCUT2D eigenvalue weighted by molar-refractivity contribution is -0.113. The Morgan fingerprint density at radius 2 is 1.78 bits per heavy atom. The number of morpholine rings is 1. The number of carbonyl (C=O) groups is 3. The van der Waals surface area contributed by atoms with Crippen LogP contribution in [-0.2, 0) is 16.6 Å². The molecule has 2 heterocycles. The number of rotatable bonds is 8. The second-order valence-electron chi connectivity index (χ2n) is 8.78. The van der Waals surface area contributed by atoms with Crippen LogP contribution in [0.4, 0.5) is 5.69 Å². The van der Waals surface area contributed by atoms with Gasteiger partial charge in [0, 0.05) is 37.0 Å². The number of hydrogen-bond donors (Lipinski definition) is 2. The minimum absolute atomic E-state index is 0.0797. The van der Waals surface area contributed by atoms with Gasteiger partial charge in [-0.15, -0.1) is 10.2 Å². The van der Waals surface area contributed by atoms with Crippen LogP contribution in [0.15, 0.2) is 53.7 Å². The van der Waals surface area contributed by atoms with Crippen molar-refractivity contribution in [1.29, 1.82) is 0 Å². The third-order valence-electron chi connectivity index (χ3n) is 5.94. The van der Waals surface area contributed by atoms with Gasteiger partial charge < -0.3 is 24.8 Å². The molecule has 3 amide bonds. The highest BCUT2D eigenvalue weighted by molar-refractivity contribution is 7.99. The highest BCUT2D eigenvalue weighted by atomic mass is 32.2. The van der Waals surface area contributed by atoms with E-state index in [4.69, 9.17) is 4.74 Å². The fourth-order valence-electron chi connectivity index (χ4n) is 3.88. The number of aryl methyl sites for hydroxylation is 1. The van der Waals surface area contributed by atoms with Crippen LogP contribution in [0.3, 0.4) is 0 Å². The summed E-state index contributed by atoms with van der Waals surface area (Å²) in [4.78, 5) is 39.6. The van der Waals surface area contributed by atoms with Crippen molar-refractivity contribution in [3.63, 3.8) is 0 Å². The number of benzene rings is 2. The topological polar surface area (TPSA) is 118 Å². The van der Waals surface area contributed by atoms with Gasteiger partial charge in [-0.2, -0.15) is 0 Å². The van der Waals surface area contributed by atoms with Gasteiger partial charge >= 0.3 is 0 Å². The molecule has 3 aromatic rings. The number of ether oxygens (including phenoxy) is 1. The largest absolute Gasteiger partial charge is 0.378 e. The Balaban J connectivity index is 1.31. The van der Waals surface area contributed by atoms with Gasteiger partial charge in [-0.1, -0.05) is 35.5 Å². The summed E-state index contributed by atoms with van der Waals surface area (Å²) in [5, 5.41) is 14.7. The number of nitrogens with zero attached hydrogens (tertiary/aromatic N) is 4. The zero-order chi connectivity index (χ0) is 26.4. The Bertz CT molecular complexity index is 1270. The molecule has 0 bridgehead atoms. The van der Waals surface area contributed by atoms with Gasteiger partial charge in [0.15, 0.2) is 11.0 Å².